The maximum Gasteiger partial charge on any atom is 0.262 e. The van der Waals surface area contributed by atoms with Crippen molar-refractivity contribution in [1.82, 2.24) is 4.31 Å². The average molecular weight is 490 g/mol. The molecule has 1 fully saturated rings. The molecule has 186 valence electrons. The molecule has 0 bridgehead atoms. The molecular formula is C25H35N3O5S. The molecule has 34 heavy (non-hydrogen) atoms. The van der Waals surface area contributed by atoms with Gasteiger partial charge in [0.25, 0.3) is 5.91 Å². The van der Waals surface area contributed by atoms with E-state index in [1.165, 1.54) is 4.31 Å². The Kier molecular flexibility index (Phi) is 8.57. The molecule has 1 aliphatic heterocycles. The molecule has 3 rings (SSSR count). The average Bonchev–Trinajstić information content (AvgIpc) is 2.79. The summed E-state index contributed by atoms with van der Waals surface area (Å²) in [4.78, 5) is 15.1. The first-order chi connectivity index (χ1) is 16.2. The molecule has 0 radical (unpaired) electrons. The van der Waals surface area contributed by atoms with Crippen molar-refractivity contribution < 1.29 is 22.7 Å². The van der Waals surface area contributed by atoms with Crippen LogP contribution in [0.2, 0.25) is 0 Å². The fourth-order valence-corrected chi connectivity index (χ4v) is 5.77. The third-order valence-corrected chi connectivity index (χ3v) is 7.94. The van der Waals surface area contributed by atoms with Crippen LogP contribution in [0.4, 0.5) is 11.4 Å². The topological polar surface area (TPSA) is 88.2 Å². The first-order valence-corrected chi connectivity index (χ1v) is 13.1. The summed E-state index contributed by atoms with van der Waals surface area (Å²) in [6.07, 6.45) is 0. The molecule has 1 saturated heterocycles. The Balaban J connectivity index is 1.87. The Morgan fingerprint density at radius 3 is 2.26 bits per heavy atom. The lowest BCUT2D eigenvalue weighted by molar-refractivity contribution is -0.118. The summed E-state index contributed by atoms with van der Waals surface area (Å²) in [7, 11) is -3.67. The summed E-state index contributed by atoms with van der Waals surface area (Å²) in [5.74, 6) is 0.332. The van der Waals surface area contributed by atoms with Gasteiger partial charge < -0.3 is 19.7 Å². The number of nitrogens with zero attached hydrogens (tertiary/aromatic N) is 2. The Morgan fingerprint density at radius 2 is 1.68 bits per heavy atom. The summed E-state index contributed by atoms with van der Waals surface area (Å²) in [5, 5.41) is 2.89. The summed E-state index contributed by atoms with van der Waals surface area (Å²) in [6, 6.07) is 8.92. The highest BCUT2D eigenvalue weighted by Crippen LogP contribution is 2.31. The third kappa shape index (κ3) is 5.89. The van der Waals surface area contributed by atoms with Gasteiger partial charge in [-0.1, -0.05) is 31.5 Å². The summed E-state index contributed by atoms with van der Waals surface area (Å²) < 4.78 is 38.9. The Labute approximate surface area is 202 Å². The SMILES string of the molecule is CCN(CC)S(=O)(=O)c1ccc(N2CCOCC2)c(NC(=O)COc2c(C)cc(C)cc2C)c1. The van der Waals surface area contributed by atoms with Gasteiger partial charge in [0.05, 0.1) is 29.5 Å². The van der Waals surface area contributed by atoms with E-state index >= 15 is 0 Å². The Hall–Kier alpha value is -2.62. The zero-order chi connectivity index (χ0) is 24.9. The van der Waals surface area contributed by atoms with Crippen LogP contribution in [-0.4, -0.2) is 64.6 Å². The number of rotatable bonds is 9. The monoisotopic (exact) mass is 489 g/mol. The van der Waals surface area contributed by atoms with Gasteiger partial charge in [0.15, 0.2) is 6.61 Å². The van der Waals surface area contributed by atoms with Crippen molar-refractivity contribution in [2.24, 2.45) is 0 Å². The normalized spacial score (nSPS) is 14.4. The highest BCUT2D eigenvalue weighted by molar-refractivity contribution is 7.89. The van der Waals surface area contributed by atoms with Gasteiger partial charge >= 0.3 is 0 Å². The third-order valence-electron chi connectivity index (χ3n) is 5.89. The van der Waals surface area contributed by atoms with Crippen LogP contribution in [0.15, 0.2) is 35.2 Å². The molecule has 1 aliphatic rings. The van der Waals surface area contributed by atoms with Crippen molar-refractivity contribution in [3.8, 4) is 5.75 Å². The van der Waals surface area contributed by atoms with E-state index in [4.69, 9.17) is 9.47 Å². The molecule has 0 atom stereocenters. The van der Waals surface area contributed by atoms with E-state index in [-0.39, 0.29) is 17.4 Å². The van der Waals surface area contributed by atoms with Crippen LogP contribution in [0, 0.1) is 20.8 Å². The number of sulfonamides is 1. The van der Waals surface area contributed by atoms with Crippen molar-refractivity contribution in [2.45, 2.75) is 39.5 Å². The molecule has 1 N–H and O–H groups in total. The van der Waals surface area contributed by atoms with E-state index in [2.05, 4.69) is 10.2 Å². The number of carbonyl (C=O) groups excluding carboxylic acids is 1. The molecular weight excluding hydrogens is 454 g/mol. The second kappa shape index (κ2) is 11.2. The quantitative estimate of drug-likeness (QED) is 0.580. The Bertz CT molecular complexity index is 1100. The molecule has 0 unspecified atom stereocenters. The van der Waals surface area contributed by atoms with Crippen molar-refractivity contribution >= 4 is 27.3 Å². The predicted molar refractivity (Wildman–Crippen MR) is 134 cm³/mol. The van der Waals surface area contributed by atoms with E-state index in [0.29, 0.717) is 50.8 Å². The van der Waals surface area contributed by atoms with E-state index in [1.54, 1.807) is 32.0 Å². The first kappa shape index (κ1) is 26.0. The van der Waals surface area contributed by atoms with Gasteiger partial charge in [0.1, 0.15) is 5.75 Å². The maximum absolute atomic E-state index is 13.1. The van der Waals surface area contributed by atoms with Crippen LogP contribution in [0.5, 0.6) is 5.75 Å². The van der Waals surface area contributed by atoms with Crippen molar-refractivity contribution in [1.29, 1.82) is 0 Å². The van der Waals surface area contributed by atoms with E-state index in [1.807, 2.05) is 32.9 Å². The highest BCUT2D eigenvalue weighted by Gasteiger charge is 2.25. The number of morpholine rings is 1. The van der Waals surface area contributed by atoms with Crippen LogP contribution >= 0.6 is 0 Å². The first-order valence-electron chi connectivity index (χ1n) is 11.6. The van der Waals surface area contributed by atoms with Gasteiger partial charge in [-0.25, -0.2) is 8.42 Å². The number of aryl methyl sites for hydroxylation is 3. The molecule has 2 aromatic rings. The van der Waals surface area contributed by atoms with Crippen molar-refractivity contribution in [2.75, 3.05) is 56.2 Å². The summed E-state index contributed by atoms with van der Waals surface area (Å²) in [6.45, 7) is 12.5. The standard InChI is InChI=1S/C25H35N3O5S/c1-6-28(7-2)34(30,31)21-8-9-23(27-10-12-32-13-11-27)22(16-21)26-24(29)17-33-25-19(4)14-18(3)15-20(25)5/h8-9,14-16H,6-7,10-13,17H2,1-5H3,(H,26,29). The number of carbonyl (C=O) groups is 1. The molecule has 0 aliphatic carbocycles. The molecule has 2 aromatic carbocycles. The van der Waals surface area contributed by atoms with E-state index < -0.39 is 10.0 Å². The van der Waals surface area contributed by atoms with Crippen LogP contribution in [0.25, 0.3) is 0 Å². The van der Waals surface area contributed by atoms with Gasteiger partial charge in [-0.05, 0) is 50.1 Å². The van der Waals surface area contributed by atoms with E-state index in [0.717, 1.165) is 22.4 Å². The summed E-state index contributed by atoms with van der Waals surface area (Å²) >= 11 is 0. The molecule has 1 heterocycles. The number of nitrogens with one attached hydrogen (secondary N) is 1. The number of anilines is 2. The lowest BCUT2D eigenvalue weighted by atomic mass is 10.1. The van der Waals surface area contributed by atoms with Crippen LogP contribution in [-0.2, 0) is 19.6 Å². The number of amides is 1. The Morgan fingerprint density at radius 1 is 1.06 bits per heavy atom. The molecule has 0 aromatic heterocycles. The van der Waals surface area contributed by atoms with Crippen molar-refractivity contribution in [3.63, 3.8) is 0 Å². The van der Waals surface area contributed by atoms with Crippen LogP contribution in [0.1, 0.15) is 30.5 Å². The summed E-state index contributed by atoms with van der Waals surface area (Å²) in [5.41, 5.74) is 4.27. The minimum absolute atomic E-state index is 0.148. The zero-order valence-electron chi connectivity index (χ0n) is 20.7. The van der Waals surface area contributed by atoms with Crippen LogP contribution < -0.4 is 15.0 Å². The molecule has 0 saturated carbocycles. The smallest absolute Gasteiger partial charge is 0.262 e. The van der Waals surface area contributed by atoms with Gasteiger partial charge in [0, 0.05) is 26.2 Å². The van der Waals surface area contributed by atoms with Crippen molar-refractivity contribution in [3.05, 3.63) is 47.0 Å². The fourth-order valence-electron chi connectivity index (χ4n) is 4.29. The molecule has 8 nitrogen and oxygen atoms in total. The lowest BCUT2D eigenvalue weighted by Crippen LogP contribution is -2.37. The van der Waals surface area contributed by atoms with Gasteiger partial charge in [-0.15, -0.1) is 0 Å². The highest BCUT2D eigenvalue weighted by atomic mass is 32.2. The molecule has 9 heteroatoms. The van der Waals surface area contributed by atoms with Gasteiger partial charge in [-0.3, -0.25) is 4.79 Å². The number of hydrogen-bond donors (Lipinski definition) is 1. The maximum atomic E-state index is 13.1. The largest absolute Gasteiger partial charge is 0.483 e. The number of ether oxygens (including phenoxy) is 2. The fraction of sp³-hybridized carbons (Fsp3) is 0.480. The minimum atomic E-state index is -3.67. The second-order valence-electron chi connectivity index (χ2n) is 8.43. The van der Waals surface area contributed by atoms with Gasteiger partial charge in [0.2, 0.25) is 10.0 Å². The lowest BCUT2D eigenvalue weighted by Gasteiger charge is -2.31. The van der Waals surface area contributed by atoms with E-state index in [9.17, 15) is 13.2 Å². The molecule has 0 spiro atoms. The van der Waals surface area contributed by atoms with Gasteiger partial charge in [-0.2, -0.15) is 4.31 Å². The second-order valence-corrected chi connectivity index (χ2v) is 10.4. The molecule has 1 amide bonds. The minimum Gasteiger partial charge on any atom is -0.483 e. The predicted octanol–water partition coefficient (Wildman–Crippen LogP) is 3.50. The number of benzene rings is 2. The number of hydrogen-bond acceptors (Lipinski definition) is 6. The van der Waals surface area contributed by atoms with Crippen LogP contribution in [0.3, 0.4) is 0 Å². The zero-order valence-corrected chi connectivity index (χ0v) is 21.5.